The second kappa shape index (κ2) is 13.3. The molecule has 2 rings (SSSR count). The van der Waals surface area contributed by atoms with Crippen molar-refractivity contribution in [3.63, 3.8) is 0 Å². The van der Waals surface area contributed by atoms with Gasteiger partial charge in [-0.05, 0) is 55.7 Å². The summed E-state index contributed by atoms with van der Waals surface area (Å²) in [5.74, 6) is 0. The zero-order valence-corrected chi connectivity index (χ0v) is 16.7. The number of aryl methyl sites for hydroxylation is 3. The van der Waals surface area contributed by atoms with Crippen LogP contribution in [0.1, 0.15) is 49.9 Å². The Morgan fingerprint density at radius 2 is 1.24 bits per heavy atom. The summed E-state index contributed by atoms with van der Waals surface area (Å²) >= 11 is 0. The van der Waals surface area contributed by atoms with Crippen LogP contribution in [-0.2, 0) is 6.18 Å². The molecule has 0 heterocycles. The van der Waals surface area contributed by atoms with Crippen LogP contribution in [0, 0.1) is 20.8 Å². The summed E-state index contributed by atoms with van der Waals surface area (Å²) in [6.45, 7) is 13.7. The summed E-state index contributed by atoms with van der Waals surface area (Å²) in [4.78, 5) is 0. The Kier molecular flexibility index (Phi) is 13.5. The van der Waals surface area contributed by atoms with E-state index in [9.17, 15) is 13.2 Å². The molecule has 2 aromatic rings. The molecule has 0 fully saturated rings. The molecule has 1 nitrogen and oxygen atoms in total. The summed E-state index contributed by atoms with van der Waals surface area (Å²) in [6.07, 6.45) is -4.22. The standard InChI is InChI=1S/C9H13N.C8H7F3.2C2H6/c1-7-4-5-9(10-3)6-8(7)2;1-6-4-2-3-5-7(6)8(9,10)11;2*1-2/h4-6,10H,1-3H3;2-5H,1H3;2*1-2H3. The molecule has 0 radical (unpaired) electrons. The average molecular weight is 355 g/mol. The van der Waals surface area contributed by atoms with E-state index in [0.717, 1.165) is 6.07 Å². The Bertz CT molecular complexity index is 590. The Morgan fingerprint density at radius 1 is 0.720 bits per heavy atom. The predicted octanol–water partition coefficient (Wildman–Crippen LogP) is 7.41. The van der Waals surface area contributed by atoms with Crippen LogP contribution in [0.2, 0.25) is 0 Å². The summed E-state index contributed by atoms with van der Waals surface area (Å²) < 4.78 is 36.1. The lowest BCUT2D eigenvalue weighted by Crippen LogP contribution is -2.06. The minimum atomic E-state index is -4.22. The van der Waals surface area contributed by atoms with Gasteiger partial charge in [0.05, 0.1) is 5.56 Å². The van der Waals surface area contributed by atoms with Gasteiger partial charge in [-0.2, -0.15) is 13.2 Å². The van der Waals surface area contributed by atoms with Crippen LogP contribution < -0.4 is 5.32 Å². The van der Waals surface area contributed by atoms with Crippen molar-refractivity contribution in [2.45, 2.75) is 54.6 Å². The van der Waals surface area contributed by atoms with Crippen LogP contribution in [0.5, 0.6) is 0 Å². The molecule has 0 aromatic heterocycles. The van der Waals surface area contributed by atoms with Crippen LogP contribution in [0.4, 0.5) is 18.9 Å². The van der Waals surface area contributed by atoms with E-state index in [0.29, 0.717) is 0 Å². The second-order valence-electron chi connectivity index (χ2n) is 4.86. The van der Waals surface area contributed by atoms with Gasteiger partial charge in [0.25, 0.3) is 0 Å². The van der Waals surface area contributed by atoms with Gasteiger partial charge in [-0.1, -0.05) is 52.0 Å². The third kappa shape index (κ3) is 9.80. The van der Waals surface area contributed by atoms with E-state index in [1.54, 1.807) is 6.07 Å². The zero-order valence-electron chi connectivity index (χ0n) is 16.7. The highest BCUT2D eigenvalue weighted by Gasteiger charge is 2.31. The van der Waals surface area contributed by atoms with Gasteiger partial charge in [0.2, 0.25) is 0 Å². The van der Waals surface area contributed by atoms with Crippen molar-refractivity contribution in [2.75, 3.05) is 12.4 Å². The molecule has 1 N–H and O–H groups in total. The molecule has 142 valence electrons. The van der Waals surface area contributed by atoms with Gasteiger partial charge in [-0.15, -0.1) is 0 Å². The molecule has 0 aliphatic rings. The molecule has 0 atom stereocenters. The molecule has 0 saturated heterocycles. The first kappa shape index (κ1) is 25.3. The van der Waals surface area contributed by atoms with Crippen molar-refractivity contribution < 1.29 is 13.2 Å². The molecular weight excluding hydrogens is 323 g/mol. The fourth-order valence-corrected chi connectivity index (χ4v) is 1.79. The monoisotopic (exact) mass is 355 g/mol. The maximum absolute atomic E-state index is 12.0. The van der Waals surface area contributed by atoms with Crippen molar-refractivity contribution in [1.29, 1.82) is 0 Å². The van der Waals surface area contributed by atoms with Crippen LogP contribution in [0.25, 0.3) is 0 Å². The SMILES string of the molecule is CC.CC.CNc1ccc(C)c(C)c1.Cc1ccccc1C(F)(F)F. The van der Waals surface area contributed by atoms with E-state index < -0.39 is 11.7 Å². The minimum absolute atomic E-state index is 0.264. The molecular formula is C21H32F3N. The zero-order chi connectivity index (χ0) is 20.0. The maximum atomic E-state index is 12.0. The Balaban J connectivity index is 0. The number of alkyl halides is 3. The van der Waals surface area contributed by atoms with Gasteiger partial charge in [0.1, 0.15) is 0 Å². The van der Waals surface area contributed by atoms with Crippen LogP contribution in [-0.4, -0.2) is 7.05 Å². The fraction of sp³-hybridized carbons (Fsp3) is 0.429. The van der Waals surface area contributed by atoms with Crippen molar-refractivity contribution in [2.24, 2.45) is 0 Å². The average Bonchev–Trinajstić information content (AvgIpc) is 2.61. The first-order valence-electron chi connectivity index (χ1n) is 8.63. The maximum Gasteiger partial charge on any atom is 0.416 e. The molecule has 0 aliphatic carbocycles. The van der Waals surface area contributed by atoms with Gasteiger partial charge in [-0.25, -0.2) is 0 Å². The highest BCUT2D eigenvalue weighted by Crippen LogP contribution is 2.31. The fourth-order valence-electron chi connectivity index (χ4n) is 1.79. The molecule has 0 spiro atoms. The highest BCUT2D eigenvalue weighted by atomic mass is 19.4. The van der Waals surface area contributed by atoms with E-state index in [1.165, 1.54) is 35.9 Å². The summed E-state index contributed by atoms with van der Waals surface area (Å²) in [5, 5.41) is 3.10. The van der Waals surface area contributed by atoms with E-state index in [1.807, 2.05) is 34.7 Å². The lowest BCUT2D eigenvalue weighted by Gasteiger charge is -2.08. The molecule has 2 aromatic carbocycles. The summed E-state index contributed by atoms with van der Waals surface area (Å²) in [7, 11) is 1.93. The van der Waals surface area contributed by atoms with E-state index in [2.05, 4.69) is 37.4 Å². The van der Waals surface area contributed by atoms with E-state index in [-0.39, 0.29) is 5.56 Å². The van der Waals surface area contributed by atoms with Gasteiger partial charge >= 0.3 is 6.18 Å². The summed E-state index contributed by atoms with van der Waals surface area (Å²) in [6, 6.07) is 11.9. The topological polar surface area (TPSA) is 12.0 Å². The number of rotatable bonds is 1. The van der Waals surface area contributed by atoms with Crippen molar-refractivity contribution >= 4 is 5.69 Å². The Morgan fingerprint density at radius 3 is 1.60 bits per heavy atom. The van der Waals surface area contributed by atoms with Crippen LogP contribution in [0.3, 0.4) is 0 Å². The largest absolute Gasteiger partial charge is 0.416 e. The number of benzene rings is 2. The van der Waals surface area contributed by atoms with Gasteiger partial charge in [-0.3, -0.25) is 0 Å². The smallest absolute Gasteiger partial charge is 0.388 e. The van der Waals surface area contributed by atoms with Gasteiger partial charge < -0.3 is 5.32 Å². The number of anilines is 1. The lowest BCUT2D eigenvalue weighted by atomic mass is 10.1. The molecule has 0 aliphatic heterocycles. The van der Waals surface area contributed by atoms with Crippen molar-refractivity contribution in [1.82, 2.24) is 0 Å². The molecule has 25 heavy (non-hydrogen) atoms. The van der Waals surface area contributed by atoms with Gasteiger partial charge in [0, 0.05) is 12.7 Å². The quantitative estimate of drug-likeness (QED) is 0.561. The molecule has 0 amide bonds. The van der Waals surface area contributed by atoms with E-state index >= 15 is 0 Å². The van der Waals surface area contributed by atoms with Gasteiger partial charge in [0.15, 0.2) is 0 Å². The van der Waals surface area contributed by atoms with Crippen LogP contribution >= 0.6 is 0 Å². The number of halogens is 3. The minimum Gasteiger partial charge on any atom is -0.388 e. The normalized spacial score (nSPS) is 9.40. The third-order valence-electron chi connectivity index (χ3n) is 3.25. The Hall–Kier alpha value is -1.97. The third-order valence-corrected chi connectivity index (χ3v) is 3.25. The lowest BCUT2D eigenvalue weighted by molar-refractivity contribution is -0.138. The second-order valence-corrected chi connectivity index (χ2v) is 4.86. The molecule has 0 saturated carbocycles. The highest BCUT2D eigenvalue weighted by molar-refractivity contribution is 5.47. The number of hydrogen-bond donors (Lipinski definition) is 1. The number of hydrogen-bond acceptors (Lipinski definition) is 1. The molecule has 0 unspecified atom stereocenters. The van der Waals surface area contributed by atoms with Crippen molar-refractivity contribution in [3.8, 4) is 0 Å². The number of nitrogens with one attached hydrogen (secondary N) is 1. The molecule has 0 bridgehead atoms. The van der Waals surface area contributed by atoms with Crippen molar-refractivity contribution in [3.05, 3.63) is 64.7 Å². The molecule has 4 heteroatoms. The van der Waals surface area contributed by atoms with E-state index in [4.69, 9.17) is 0 Å². The predicted molar refractivity (Wildman–Crippen MR) is 104 cm³/mol. The van der Waals surface area contributed by atoms with Crippen LogP contribution in [0.15, 0.2) is 42.5 Å². The first-order valence-corrected chi connectivity index (χ1v) is 8.63. The summed E-state index contributed by atoms with van der Waals surface area (Å²) in [5.41, 5.74) is 3.58. The first-order chi connectivity index (χ1) is 11.8. The Labute approximate surface area is 151 Å².